The minimum absolute atomic E-state index is 0.594. The van der Waals surface area contributed by atoms with Crippen LogP contribution in [0.25, 0.3) is 0 Å². The Bertz CT molecular complexity index is 341. The average molecular weight is 276 g/mol. The molecule has 0 amide bonds. The van der Waals surface area contributed by atoms with Gasteiger partial charge in [0.1, 0.15) is 0 Å². The van der Waals surface area contributed by atoms with Gasteiger partial charge in [-0.25, -0.2) is 0 Å². The van der Waals surface area contributed by atoms with Crippen LogP contribution in [-0.4, -0.2) is 30.6 Å². The third kappa shape index (κ3) is 6.53. The van der Waals surface area contributed by atoms with Gasteiger partial charge in [0.05, 0.1) is 0 Å². The second kappa shape index (κ2) is 9.95. The minimum atomic E-state index is 0.594. The molecule has 0 aromatic heterocycles. The van der Waals surface area contributed by atoms with Crippen molar-refractivity contribution in [3.63, 3.8) is 0 Å². The molecule has 1 N–H and O–H groups in total. The van der Waals surface area contributed by atoms with Crippen molar-refractivity contribution in [3.8, 4) is 0 Å². The number of aryl methyl sites for hydroxylation is 1. The summed E-state index contributed by atoms with van der Waals surface area (Å²) in [6, 6.07) is 9.56. The molecule has 1 aromatic carbocycles. The first-order valence-corrected chi connectivity index (χ1v) is 8.23. The van der Waals surface area contributed by atoms with Gasteiger partial charge in [0.25, 0.3) is 0 Å². The van der Waals surface area contributed by atoms with E-state index in [0.717, 1.165) is 13.0 Å². The summed E-state index contributed by atoms with van der Waals surface area (Å²) in [4.78, 5) is 2.50. The Morgan fingerprint density at radius 2 is 1.60 bits per heavy atom. The molecule has 2 nitrogen and oxygen atoms in total. The van der Waals surface area contributed by atoms with Gasteiger partial charge in [-0.15, -0.1) is 0 Å². The molecule has 0 aliphatic rings. The molecule has 0 aliphatic heterocycles. The first kappa shape index (κ1) is 17.2. The van der Waals surface area contributed by atoms with Crippen LogP contribution in [0.1, 0.15) is 51.7 Å². The van der Waals surface area contributed by atoms with E-state index < -0.39 is 0 Å². The van der Waals surface area contributed by atoms with Crippen molar-refractivity contribution in [1.29, 1.82) is 0 Å². The molecule has 0 fully saturated rings. The van der Waals surface area contributed by atoms with E-state index in [1.807, 2.05) is 0 Å². The second-order valence-corrected chi connectivity index (χ2v) is 5.62. The van der Waals surface area contributed by atoms with Gasteiger partial charge in [0, 0.05) is 12.6 Å². The fourth-order valence-electron chi connectivity index (χ4n) is 2.45. The van der Waals surface area contributed by atoms with Gasteiger partial charge in [-0.2, -0.15) is 0 Å². The Morgan fingerprint density at radius 1 is 1.00 bits per heavy atom. The van der Waals surface area contributed by atoms with Crippen LogP contribution < -0.4 is 5.32 Å². The van der Waals surface area contributed by atoms with E-state index in [0.29, 0.717) is 6.04 Å². The number of hydrogen-bond acceptors (Lipinski definition) is 2. The van der Waals surface area contributed by atoms with Crippen molar-refractivity contribution in [2.24, 2.45) is 0 Å². The molecular weight excluding hydrogens is 244 g/mol. The van der Waals surface area contributed by atoms with Crippen molar-refractivity contribution < 1.29 is 0 Å². The highest BCUT2D eigenvalue weighted by atomic mass is 15.1. The average Bonchev–Trinajstić information content (AvgIpc) is 2.50. The van der Waals surface area contributed by atoms with Crippen molar-refractivity contribution in [3.05, 3.63) is 35.4 Å². The second-order valence-electron chi connectivity index (χ2n) is 5.62. The predicted molar refractivity (Wildman–Crippen MR) is 89.1 cm³/mol. The first-order chi connectivity index (χ1) is 9.69. The number of nitrogens with zero attached hydrogens (tertiary/aromatic N) is 1. The number of hydrogen-bond donors (Lipinski definition) is 1. The van der Waals surface area contributed by atoms with Crippen LogP contribution in [0.4, 0.5) is 0 Å². The van der Waals surface area contributed by atoms with Crippen LogP contribution in [0, 0.1) is 0 Å². The van der Waals surface area contributed by atoms with E-state index in [4.69, 9.17) is 0 Å². The highest BCUT2D eigenvalue weighted by Crippen LogP contribution is 2.06. The lowest BCUT2D eigenvalue weighted by Gasteiger charge is -2.19. The Balaban J connectivity index is 2.20. The monoisotopic (exact) mass is 276 g/mol. The summed E-state index contributed by atoms with van der Waals surface area (Å²) in [6.45, 7) is 13.5. The standard InChI is InChI=1S/C18H32N2/c1-5-17-10-12-18(13-11-17)15-19-16(4)9-8-14-20(6-2)7-3/h10-13,16,19H,5-9,14-15H2,1-4H3. The minimum Gasteiger partial charge on any atom is -0.310 e. The molecular formula is C18H32N2. The maximum atomic E-state index is 3.63. The van der Waals surface area contributed by atoms with E-state index in [-0.39, 0.29) is 0 Å². The first-order valence-electron chi connectivity index (χ1n) is 8.23. The Morgan fingerprint density at radius 3 is 2.15 bits per heavy atom. The topological polar surface area (TPSA) is 15.3 Å². The molecule has 20 heavy (non-hydrogen) atoms. The molecule has 1 aromatic rings. The third-order valence-electron chi connectivity index (χ3n) is 4.09. The zero-order valence-electron chi connectivity index (χ0n) is 13.8. The quantitative estimate of drug-likeness (QED) is 0.698. The molecule has 2 heteroatoms. The summed E-state index contributed by atoms with van der Waals surface area (Å²) in [5, 5.41) is 3.63. The van der Waals surface area contributed by atoms with Crippen LogP contribution >= 0.6 is 0 Å². The number of nitrogens with one attached hydrogen (secondary N) is 1. The van der Waals surface area contributed by atoms with Crippen LogP contribution in [-0.2, 0) is 13.0 Å². The van der Waals surface area contributed by atoms with Crippen LogP contribution in [0.15, 0.2) is 24.3 Å². The van der Waals surface area contributed by atoms with Crippen molar-refractivity contribution in [2.75, 3.05) is 19.6 Å². The summed E-state index contributed by atoms with van der Waals surface area (Å²) in [5.74, 6) is 0. The normalized spacial score (nSPS) is 12.8. The highest BCUT2D eigenvalue weighted by molar-refractivity contribution is 5.22. The van der Waals surface area contributed by atoms with Gasteiger partial charge < -0.3 is 10.2 Å². The van der Waals surface area contributed by atoms with Gasteiger partial charge in [-0.3, -0.25) is 0 Å². The Labute approximate surface area is 125 Å². The maximum Gasteiger partial charge on any atom is 0.0207 e. The van der Waals surface area contributed by atoms with Crippen LogP contribution in [0.2, 0.25) is 0 Å². The molecule has 0 saturated heterocycles. The molecule has 1 unspecified atom stereocenters. The van der Waals surface area contributed by atoms with Gasteiger partial charge in [-0.1, -0.05) is 45.0 Å². The predicted octanol–water partition coefficient (Wildman–Crippen LogP) is 3.85. The Kier molecular flexibility index (Phi) is 8.56. The zero-order chi connectivity index (χ0) is 14.8. The lowest BCUT2D eigenvalue weighted by molar-refractivity contribution is 0.290. The summed E-state index contributed by atoms with van der Waals surface area (Å²) in [5.41, 5.74) is 2.80. The van der Waals surface area contributed by atoms with Crippen molar-refractivity contribution >= 4 is 0 Å². The zero-order valence-corrected chi connectivity index (χ0v) is 13.8. The van der Waals surface area contributed by atoms with E-state index in [2.05, 4.69) is 62.2 Å². The number of rotatable bonds is 10. The van der Waals surface area contributed by atoms with E-state index in [9.17, 15) is 0 Å². The van der Waals surface area contributed by atoms with Gasteiger partial charge in [-0.05, 0) is 56.9 Å². The van der Waals surface area contributed by atoms with E-state index in [1.165, 1.54) is 43.6 Å². The highest BCUT2D eigenvalue weighted by Gasteiger charge is 2.04. The molecule has 0 saturated carbocycles. The lowest BCUT2D eigenvalue weighted by Crippen LogP contribution is -2.28. The molecule has 1 rings (SSSR count). The summed E-state index contributed by atoms with van der Waals surface area (Å²) < 4.78 is 0. The Hall–Kier alpha value is -0.860. The number of benzene rings is 1. The summed E-state index contributed by atoms with van der Waals surface area (Å²) >= 11 is 0. The van der Waals surface area contributed by atoms with Gasteiger partial charge in [0.15, 0.2) is 0 Å². The lowest BCUT2D eigenvalue weighted by atomic mass is 10.1. The van der Waals surface area contributed by atoms with E-state index >= 15 is 0 Å². The van der Waals surface area contributed by atoms with Crippen LogP contribution in [0.5, 0.6) is 0 Å². The molecule has 0 heterocycles. The molecule has 0 bridgehead atoms. The maximum absolute atomic E-state index is 3.63. The molecule has 0 spiro atoms. The molecule has 114 valence electrons. The van der Waals surface area contributed by atoms with Crippen molar-refractivity contribution in [1.82, 2.24) is 10.2 Å². The smallest absolute Gasteiger partial charge is 0.0207 e. The summed E-state index contributed by atoms with van der Waals surface area (Å²) in [7, 11) is 0. The van der Waals surface area contributed by atoms with Crippen LogP contribution in [0.3, 0.4) is 0 Å². The SMILES string of the molecule is CCc1ccc(CNC(C)CCCN(CC)CC)cc1. The molecule has 1 atom stereocenters. The largest absolute Gasteiger partial charge is 0.310 e. The fraction of sp³-hybridized carbons (Fsp3) is 0.667. The van der Waals surface area contributed by atoms with E-state index in [1.54, 1.807) is 0 Å². The fourth-order valence-corrected chi connectivity index (χ4v) is 2.45. The van der Waals surface area contributed by atoms with Gasteiger partial charge in [0.2, 0.25) is 0 Å². The van der Waals surface area contributed by atoms with Crippen molar-refractivity contribution in [2.45, 2.75) is 59.5 Å². The third-order valence-corrected chi connectivity index (χ3v) is 4.09. The summed E-state index contributed by atoms with van der Waals surface area (Å²) in [6.07, 6.45) is 3.66. The molecule has 0 aliphatic carbocycles. The van der Waals surface area contributed by atoms with Gasteiger partial charge >= 0.3 is 0 Å². The molecule has 0 radical (unpaired) electrons.